The molecule has 0 unspecified atom stereocenters. The summed E-state index contributed by atoms with van der Waals surface area (Å²) in [7, 11) is 3.30. The van der Waals surface area contributed by atoms with E-state index in [-0.39, 0.29) is 0 Å². The largest absolute Gasteiger partial charge is 0.398 e. The fraction of sp³-hybridized carbons (Fsp3) is 1.00. The Bertz CT molecular complexity index is 105. The van der Waals surface area contributed by atoms with Gasteiger partial charge in [0.15, 0.2) is 0 Å². The van der Waals surface area contributed by atoms with Gasteiger partial charge in [0, 0.05) is 34.0 Å². The average Bonchev–Trinajstić information content (AvgIpc) is 2.20. The molecule has 0 aromatic rings. The van der Waals surface area contributed by atoms with Gasteiger partial charge in [0.1, 0.15) is 0 Å². The fourth-order valence-corrected chi connectivity index (χ4v) is 3.96. The van der Waals surface area contributed by atoms with Crippen LogP contribution in [0.1, 0.15) is 19.8 Å². The summed E-state index contributed by atoms with van der Waals surface area (Å²) in [5, 5.41) is 0. The van der Waals surface area contributed by atoms with E-state index in [1.807, 2.05) is 0 Å². The third-order valence-corrected chi connectivity index (χ3v) is 5.91. The molecule has 80 valence electrons. The fourth-order valence-electron chi connectivity index (χ4n) is 1.32. The minimum atomic E-state index is -1.91. The highest BCUT2D eigenvalue weighted by Gasteiger charge is 2.33. The first-order valence-electron chi connectivity index (χ1n) is 4.84. The summed E-state index contributed by atoms with van der Waals surface area (Å²) < 4.78 is 16.1. The molecule has 0 saturated carbocycles. The molecule has 0 atom stereocenters. The van der Waals surface area contributed by atoms with Crippen molar-refractivity contribution in [3.63, 3.8) is 0 Å². The van der Waals surface area contributed by atoms with Gasteiger partial charge in [-0.25, -0.2) is 0 Å². The number of methoxy groups -OCH3 is 1. The van der Waals surface area contributed by atoms with Gasteiger partial charge < -0.3 is 13.6 Å². The van der Waals surface area contributed by atoms with Crippen molar-refractivity contribution in [1.82, 2.24) is 0 Å². The molecule has 0 aliphatic rings. The SMILES string of the molecule is CCCC[Si](CCOC)(OC)OC. The van der Waals surface area contributed by atoms with Crippen LogP contribution < -0.4 is 0 Å². The summed E-state index contributed by atoms with van der Waals surface area (Å²) in [5.74, 6) is 0. The van der Waals surface area contributed by atoms with Crippen molar-refractivity contribution in [3.05, 3.63) is 0 Å². The van der Waals surface area contributed by atoms with Gasteiger partial charge in [-0.2, -0.15) is 0 Å². The molecule has 0 amide bonds. The Morgan fingerprint density at radius 3 is 2.00 bits per heavy atom. The topological polar surface area (TPSA) is 27.7 Å². The van der Waals surface area contributed by atoms with Crippen molar-refractivity contribution in [3.8, 4) is 0 Å². The Balaban J connectivity index is 3.97. The quantitative estimate of drug-likeness (QED) is 0.570. The smallest absolute Gasteiger partial charge is 0.339 e. The van der Waals surface area contributed by atoms with Gasteiger partial charge in [-0.15, -0.1) is 0 Å². The Hall–Kier alpha value is 0.0969. The Kier molecular flexibility index (Phi) is 7.55. The zero-order valence-electron chi connectivity index (χ0n) is 9.26. The summed E-state index contributed by atoms with van der Waals surface area (Å²) in [6.07, 6.45) is 2.37. The summed E-state index contributed by atoms with van der Waals surface area (Å²) in [4.78, 5) is 0. The maximum Gasteiger partial charge on any atom is 0.339 e. The Morgan fingerprint density at radius 1 is 1.00 bits per heavy atom. The van der Waals surface area contributed by atoms with E-state index in [4.69, 9.17) is 13.6 Å². The van der Waals surface area contributed by atoms with Crippen molar-refractivity contribution < 1.29 is 13.6 Å². The summed E-state index contributed by atoms with van der Waals surface area (Å²) in [6, 6.07) is 2.00. The lowest BCUT2D eigenvalue weighted by Gasteiger charge is -2.26. The van der Waals surface area contributed by atoms with Crippen molar-refractivity contribution >= 4 is 8.56 Å². The van der Waals surface area contributed by atoms with E-state index in [1.54, 1.807) is 21.3 Å². The standard InChI is InChI=1S/C9H22O3Si/c1-5-6-8-13(11-3,12-4)9-7-10-2/h5-9H2,1-4H3. The number of unbranched alkanes of at least 4 members (excludes halogenated alkanes) is 1. The highest BCUT2D eigenvalue weighted by molar-refractivity contribution is 6.67. The van der Waals surface area contributed by atoms with Crippen LogP contribution in [0.2, 0.25) is 12.1 Å². The van der Waals surface area contributed by atoms with E-state index in [1.165, 1.54) is 12.8 Å². The van der Waals surface area contributed by atoms with Gasteiger partial charge in [0.2, 0.25) is 0 Å². The highest BCUT2D eigenvalue weighted by Crippen LogP contribution is 2.20. The molecular formula is C9H22O3Si. The zero-order chi connectivity index (χ0) is 10.2. The predicted octanol–water partition coefficient (Wildman–Crippen LogP) is 2.17. The first-order chi connectivity index (χ1) is 6.24. The second kappa shape index (κ2) is 7.50. The van der Waals surface area contributed by atoms with Gasteiger partial charge in [-0.05, 0) is 6.04 Å². The molecule has 0 radical (unpaired) electrons. The third kappa shape index (κ3) is 4.76. The molecule has 0 aromatic heterocycles. The van der Waals surface area contributed by atoms with Crippen molar-refractivity contribution in [1.29, 1.82) is 0 Å². The number of hydrogen-bond donors (Lipinski definition) is 0. The lowest BCUT2D eigenvalue weighted by atomic mass is 10.4. The van der Waals surface area contributed by atoms with Gasteiger partial charge in [0.05, 0.1) is 0 Å². The van der Waals surface area contributed by atoms with E-state index in [2.05, 4.69) is 6.92 Å². The first-order valence-corrected chi connectivity index (χ1v) is 7.07. The summed E-state index contributed by atoms with van der Waals surface area (Å²) in [5.41, 5.74) is 0. The molecule has 4 heteroatoms. The van der Waals surface area contributed by atoms with Crippen LogP contribution in [0.3, 0.4) is 0 Å². The Morgan fingerprint density at radius 2 is 1.62 bits per heavy atom. The minimum Gasteiger partial charge on any atom is -0.398 e. The Labute approximate surface area is 82.6 Å². The maximum absolute atomic E-state index is 5.53. The van der Waals surface area contributed by atoms with E-state index >= 15 is 0 Å². The normalized spacial score (nSPS) is 12.0. The molecule has 0 aromatic carbocycles. The number of ether oxygens (including phenoxy) is 1. The van der Waals surface area contributed by atoms with E-state index in [9.17, 15) is 0 Å². The number of rotatable bonds is 8. The molecule has 0 aliphatic carbocycles. The van der Waals surface area contributed by atoms with Gasteiger partial charge in [0.25, 0.3) is 0 Å². The number of hydrogen-bond acceptors (Lipinski definition) is 3. The molecule has 0 bridgehead atoms. The van der Waals surface area contributed by atoms with Crippen molar-refractivity contribution in [2.24, 2.45) is 0 Å². The predicted molar refractivity (Wildman–Crippen MR) is 56.2 cm³/mol. The van der Waals surface area contributed by atoms with Crippen LogP contribution in [0.25, 0.3) is 0 Å². The van der Waals surface area contributed by atoms with Crippen LogP contribution in [0.15, 0.2) is 0 Å². The summed E-state index contributed by atoms with van der Waals surface area (Å²) in [6.45, 7) is 2.92. The lowest BCUT2D eigenvalue weighted by molar-refractivity contribution is 0.185. The molecule has 0 rings (SSSR count). The van der Waals surface area contributed by atoms with Crippen LogP contribution in [0.4, 0.5) is 0 Å². The zero-order valence-corrected chi connectivity index (χ0v) is 10.3. The van der Waals surface area contributed by atoms with E-state index in [0.29, 0.717) is 0 Å². The molecular weight excluding hydrogens is 184 g/mol. The van der Waals surface area contributed by atoms with Crippen LogP contribution in [0, 0.1) is 0 Å². The molecule has 0 heterocycles. The van der Waals surface area contributed by atoms with Gasteiger partial charge in [-0.1, -0.05) is 19.8 Å². The van der Waals surface area contributed by atoms with Gasteiger partial charge in [-0.3, -0.25) is 0 Å². The molecule has 0 spiro atoms. The minimum absolute atomic E-state index is 0.734. The second-order valence-electron chi connectivity index (χ2n) is 3.17. The molecule has 0 fully saturated rings. The van der Waals surface area contributed by atoms with E-state index < -0.39 is 8.56 Å². The van der Waals surface area contributed by atoms with Crippen LogP contribution in [0.5, 0.6) is 0 Å². The van der Waals surface area contributed by atoms with Gasteiger partial charge >= 0.3 is 8.56 Å². The molecule has 0 aliphatic heterocycles. The molecule has 0 N–H and O–H groups in total. The molecule has 13 heavy (non-hydrogen) atoms. The van der Waals surface area contributed by atoms with E-state index in [0.717, 1.165) is 18.7 Å². The monoisotopic (exact) mass is 206 g/mol. The average molecular weight is 206 g/mol. The first kappa shape index (κ1) is 13.1. The van der Waals surface area contributed by atoms with Crippen LogP contribution >= 0.6 is 0 Å². The third-order valence-electron chi connectivity index (χ3n) is 2.34. The molecule has 3 nitrogen and oxygen atoms in total. The second-order valence-corrected chi connectivity index (χ2v) is 6.80. The van der Waals surface area contributed by atoms with Crippen molar-refractivity contribution in [2.75, 3.05) is 27.9 Å². The molecule has 0 saturated heterocycles. The van der Waals surface area contributed by atoms with Crippen LogP contribution in [-0.4, -0.2) is 36.5 Å². The highest BCUT2D eigenvalue weighted by atomic mass is 28.4. The van der Waals surface area contributed by atoms with Crippen LogP contribution in [-0.2, 0) is 13.6 Å². The summed E-state index contributed by atoms with van der Waals surface area (Å²) >= 11 is 0. The van der Waals surface area contributed by atoms with Crippen molar-refractivity contribution in [2.45, 2.75) is 31.9 Å². The maximum atomic E-state index is 5.53. The lowest BCUT2D eigenvalue weighted by Crippen LogP contribution is -2.40.